The molecule has 0 saturated heterocycles. The Bertz CT molecular complexity index is 228. The van der Waals surface area contributed by atoms with Gasteiger partial charge in [0.05, 0.1) is 0 Å². The average Bonchev–Trinajstić information content (AvgIpc) is 1.90. The molecule has 0 radical (unpaired) electrons. The molecule has 1 rings (SSSR count). The Morgan fingerprint density at radius 3 is 2.10 bits per heavy atom. The van der Waals surface area contributed by atoms with Crippen LogP contribution in [0.2, 0.25) is 0 Å². The molecule has 0 saturated carbocycles. The summed E-state index contributed by atoms with van der Waals surface area (Å²) in [6, 6.07) is 7.69. The molecule has 0 heterocycles. The monoisotopic (exact) mass is 312 g/mol. The maximum Gasteiger partial charge on any atom is 1.00 e. The van der Waals surface area contributed by atoms with E-state index in [0.717, 1.165) is 5.56 Å². The topological polar surface area (TPSA) is 0 Å². The van der Waals surface area contributed by atoms with Gasteiger partial charge in [0, 0.05) is 0 Å². The Kier molecular flexibility index (Phi) is 4.14. The van der Waals surface area contributed by atoms with Crippen molar-refractivity contribution in [3.8, 4) is 5.92 Å². The van der Waals surface area contributed by atoms with Crippen LogP contribution in [0.4, 0.5) is 0 Å². The number of benzene rings is 1. The van der Waals surface area contributed by atoms with E-state index in [9.17, 15) is 0 Å². The average molecular weight is 312 g/mol. The second kappa shape index (κ2) is 4.35. The first kappa shape index (κ1) is 9.52. The predicted molar refractivity (Wildman–Crippen MR) is 37.4 cm³/mol. The van der Waals surface area contributed by atoms with Crippen molar-refractivity contribution in [3.05, 3.63) is 41.8 Å². The number of aryl methyl sites for hydroxylation is 1. The number of rotatable bonds is 0. The van der Waals surface area contributed by atoms with Crippen LogP contribution >= 0.6 is 0 Å². The standard InChI is InChI=1S/C9H7.Au/c1-3-9-6-4-8(2)5-7-9;/h4-7H,2H3;/q-1;+1. The van der Waals surface area contributed by atoms with Crippen molar-refractivity contribution in [2.45, 2.75) is 6.92 Å². The van der Waals surface area contributed by atoms with Crippen LogP contribution in [0.3, 0.4) is 0 Å². The van der Waals surface area contributed by atoms with Gasteiger partial charge in [0.25, 0.3) is 0 Å². The molecular formula is C9H7Au. The molecule has 1 aromatic carbocycles. The van der Waals surface area contributed by atoms with E-state index < -0.39 is 0 Å². The van der Waals surface area contributed by atoms with Gasteiger partial charge in [0.1, 0.15) is 0 Å². The fourth-order valence-electron chi connectivity index (χ4n) is 0.637. The predicted octanol–water partition coefficient (Wildman–Crippen LogP) is 1.93. The molecule has 0 aromatic heterocycles. The summed E-state index contributed by atoms with van der Waals surface area (Å²) in [7, 11) is 0. The van der Waals surface area contributed by atoms with Crippen LogP contribution in [0.25, 0.3) is 0 Å². The summed E-state index contributed by atoms with van der Waals surface area (Å²) >= 11 is 0. The van der Waals surface area contributed by atoms with Crippen LogP contribution in [0.1, 0.15) is 11.1 Å². The molecule has 1 heteroatoms. The Balaban J connectivity index is 0.000000810. The molecular weight excluding hydrogens is 305 g/mol. The van der Waals surface area contributed by atoms with Gasteiger partial charge in [-0.05, 0) is 6.92 Å². The van der Waals surface area contributed by atoms with Gasteiger partial charge < -0.3 is 6.42 Å². The van der Waals surface area contributed by atoms with E-state index in [1.54, 1.807) is 0 Å². The summed E-state index contributed by atoms with van der Waals surface area (Å²) in [5.41, 5.74) is 2.05. The molecule has 0 aliphatic carbocycles. The van der Waals surface area contributed by atoms with Crippen molar-refractivity contribution in [2.24, 2.45) is 0 Å². The number of hydrogen-bond acceptors (Lipinski definition) is 0. The maximum absolute atomic E-state index is 6.76. The zero-order chi connectivity index (χ0) is 6.69. The third kappa shape index (κ3) is 2.41. The molecule has 0 atom stereocenters. The molecule has 0 amide bonds. The summed E-state index contributed by atoms with van der Waals surface area (Å²) in [6.07, 6.45) is 6.76. The second-order valence-electron chi connectivity index (χ2n) is 1.99. The summed E-state index contributed by atoms with van der Waals surface area (Å²) in [6.45, 7) is 2.02. The first-order valence-corrected chi connectivity index (χ1v) is 2.82. The summed E-state index contributed by atoms with van der Waals surface area (Å²) < 4.78 is 0. The Morgan fingerprint density at radius 1 is 1.20 bits per heavy atom. The SMILES string of the molecule is [Au+].[C-]#Cc1ccc(C)cc1. The maximum atomic E-state index is 6.76. The summed E-state index contributed by atoms with van der Waals surface area (Å²) in [5.74, 6) is 2.30. The Morgan fingerprint density at radius 2 is 1.70 bits per heavy atom. The van der Waals surface area contributed by atoms with E-state index in [2.05, 4.69) is 5.92 Å². The van der Waals surface area contributed by atoms with Gasteiger partial charge in [-0.2, -0.15) is 0 Å². The van der Waals surface area contributed by atoms with Crippen molar-refractivity contribution in [1.82, 2.24) is 0 Å². The molecule has 0 bridgehead atoms. The van der Waals surface area contributed by atoms with E-state index in [1.807, 2.05) is 31.2 Å². The van der Waals surface area contributed by atoms with Gasteiger partial charge in [-0.15, -0.1) is 17.7 Å². The van der Waals surface area contributed by atoms with Crippen molar-refractivity contribution in [3.63, 3.8) is 0 Å². The van der Waals surface area contributed by atoms with Crippen molar-refractivity contribution in [1.29, 1.82) is 0 Å². The molecule has 10 heavy (non-hydrogen) atoms. The zero-order valence-electron chi connectivity index (χ0n) is 5.61. The molecule has 0 nitrogen and oxygen atoms in total. The van der Waals surface area contributed by atoms with Crippen molar-refractivity contribution < 1.29 is 22.4 Å². The minimum atomic E-state index is 0. The van der Waals surface area contributed by atoms with Crippen LogP contribution in [-0.4, -0.2) is 0 Å². The van der Waals surface area contributed by atoms with E-state index in [4.69, 9.17) is 6.42 Å². The van der Waals surface area contributed by atoms with Crippen LogP contribution in [0, 0.1) is 19.3 Å². The molecule has 0 spiro atoms. The minimum absolute atomic E-state index is 0. The summed E-state index contributed by atoms with van der Waals surface area (Å²) in [4.78, 5) is 0. The largest absolute Gasteiger partial charge is 1.00 e. The van der Waals surface area contributed by atoms with E-state index in [1.165, 1.54) is 5.56 Å². The minimum Gasteiger partial charge on any atom is -0.366 e. The molecule has 1 aromatic rings. The van der Waals surface area contributed by atoms with E-state index >= 15 is 0 Å². The van der Waals surface area contributed by atoms with Crippen LogP contribution in [0.5, 0.6) is 0 Å². The second-order valence-corrected chi connectivity index (χ2v) is 1.99. The summed E-state index contributed by atoms with van der Waals surface area (Å²) in [5, 5.41) is 0. The van der Waals surface area contributed by atoms with E-state index in [-0.39, 0.29) is 22.4 Å². The molecule has 0 N–H and O–H groups in total. The molecule has 0 unspecified atom stereocenters. The van der Waals surface area contributed by atoms with Crippen molar-refractivity contribution in [2.75, 3.05) is 0 Å². The Hall–Kier alpha value is -0.480. The third-order valence-corrected chi connectivity index (χ3v) is 1.20. The van der Waals surface area contributed by atoms with Crippen LogP contribution in [0.15, 0.2) is 24.3 Å². The first-order valence-electron chi connectivity index (χ1n) is 2.82. The smallest absolute Gasteiger partial charge is 0.366 e. The molecule has 54 valence electrons. The van der Waals surface area contributed by atoms with Crippen LogP contribution in [-0.2, 0) is 22.4 Å². The fraction of sp³-hybridized carbons (Fsp3) is 0.111. The number of hydrogen-bond donors (Lipinski definition) is 0. The van der Waals surface area contributed by atoms with Gasteiger partial charge in [0.2, 0.25) is 0 Å². The van der Waals surface area contributed by atoms with Gasteiger partial charge in [0.15, 0.2) is 0 Å². The normalized spacial score (nSPS) is 7.60. The van der Waals surface area contributed by atoms with Crippen LogP contribution < -0.4 is 0 Å². The zero-order valence-corrected chi connectivity index (χ0v) is 7.78. The molecule has 0 fully saturated rings. The third-order valence-electron chi connectivity index (χ3n) is 1.20. The molecule has 0 aliphatic rings. The van der Waals surface area contributed by atoms with Gasteiger partial charge >= 0.3 is 22.4 Å². The van der Waals surface area contributed by atoms with Gasteiger partial charge in [-0.3, -0.25) is 5.92 Å². The van der Waals surface area contributed by atoms with E-state index in [0.29, 0.717) is 0 Å². The van der Waals surface area contributed by atoms with Crippen molar-refractivity contribution >= 4 is 0 Å². The Labute approximate surface area is 77.2 Å². The van der Waals surface area contributed by atoms with Gasteiger partial charge in [-0.1, -0.05) is 17.7 Å². The fourth-order valence-corrected chi connectivity index (χ4v) is 0.637. The molecule has 0 aliphatic heterocycles. The van der Waals surface area contributed by atoms with Gasteiger partial charge in [-0.25, -0.2) is 0 Å². The first-order chi connectivity index (χ1) is 4.33. The quantitative estimate of drug-likeness (QED) is 0.390.